The molecule has 0 amide bonds. The molecule has 0 aromatic carbocycles. The van der Waals surface area contributed by atoms with Crippen molar-refractivity contribution in [1.29, 1.82) is 0 Å². The van der Waals surface area contributed by atoms with E-state index in [0.717, 1.165) is 17.2 Å². The van der Waals surface area contributed by atoms with Gasteiger partial charge in [-0.3, -0.25) is 0 Å². The lowest BCUT2D eigenvalue weighted by atomic mass is 9.91. The zero-order chi connectivity index (χ0) is 11.5. The fourth-order valence-electron chi connectivity index (χ4n) is 2.01. The highest BCUT2D eigenvalue weighted by atomic mass is 16.3. The van der Waals surface area contributed by atoms with E-state index in [2.05, 4.69) is 9.88 Å². The number of anilines is 2. The van der Waals surface area contributed by atoms with Crippen molar-refractivity contribution >= 4 is 11.5 Å². The van der Waals surface area contributed by atoms with E-state index in [1.807, 2.05) is 19.1 Å². The van der Waals surface area contributed by atoms with Crippen LogP contribution in [0, 0.1) is 6.92 Å². The third-order valence-electron chi connectivity index (χ3n) is 3.26. The van der Waals surface area contributed by atoms with E-state index in [1.54, 1.807) is 0 Å². The van der Waals surface area contributed by atoms with Crippen molar-refractivity contribution in [3.63, 3.8) is 0 Å². The van der Waals surface area contributed by atoms with Gasteiger partial charge < -0.3 is 15.7 Å². The molecule has 1 aliphatic rings. The molecule has 16 heavy (non-hydrogen) atoms. The molecule has 0 atom stereocenters. The minimum Gasteiger partial charge on any atom is -0.397 e. The molecule has 0 spiro atoms. The number of nitrogens with zero attached hydrogens (tertiary/aromatic N) is 2. The molecule has 0 radical (unpaired) electrons. The molecular formula is C12H19N3O. The van der Waals surface area contributed by atoms with Gasteiger partial charge in [0.25, 0.3) is 0 Å². The van der Waals surface area contributed by atoms with Crippen molar-refractivity contribution in [2.45, 2.75) is 32.2 Å². The number of aryl methyl sites for hydroxylation is 1. The van der Waals surface area contributed by atoms with Crippen LogP contribution in [-0.4, -0.2) is 29.3 Å². The van der Waals surface area contributed by atoms with Crippen LogP contribution in [0.3, 0.4) is 0 Å². The number of nitrogen functional groups attached to an aromatic ring is 1. The first-order valence-corrected chi connectivity index (χ1v) is 5.83. The van der Waals surface area contributed by atoms with Crippen molar-refractivity contribution in [2.75, 3.05) is 23.8 Å². The van der Waals surface area contributed by atoms with E-state index in [0.29, 0.717) is 12.6 Å². The number of aliphatic hydroxyl groups is 1. The average Bonchev–Trinajstić information content (AvgIpc) is 2.19. The second kappa shape index (κ2) is 4.70. The molecule has 1 saturated carbocycles. The smallest absolute Gasteiger partial charge is 0.129 e. The minimum atomic E-state index is 0.168. The van der Waals surface area contributed by atoms with Crippen LogP contribution < -0.4 is 10.6 Å². The SMILES string of the molecule is Cc1nc(N(CCO)C2CCC2)ccc1N. The van der Waals surface area contributed by atoms with Gasteiger partial charge in [0.2, 0.25) is 0 Å². The lowest BCUT2D eigenvalue weighted by molar-refractivity contribution is 0.283. The molecule has 4 heteroatoms. The predicted octanol–water partition coefficient (Wildman–Crippen LogP) is 1.32. The van der Waals surface area contributed by atoms with Crippen LogP contribution in [0.5, 0.6) is 0 Å². The molecule has 1 aromatic heterocycles. The van der Waals surface area contributed by atoms with Crippen molar-refractivity contribution in [3.05, 3.63) is 17.8 Å². The number of aliphatic hydroxyl groups excluding tert-OH is 1. The van der Waals surface area contributed by atoms with E-state index >= 15 is 0 Å². The normalized spacial score (nSPS) is 15.9. The maximum atomic E-state index is 9.10. The molecule has 4 nitrogen and oxygen atoms in total. The molecule has 1 aliphatic carbocycles. The number of aromatic nitrogens is 1. The van der Waals surface area contributed by atoms with Crippen LogP contribution in [0.4, 0.5) is 11.5 Å². The fraction of sp³-hybridized carbons (Fsp3) is 0.583. The zero-order valence-electron chi connectivity index (χ0n) is 9.69. The monoisotopic (exact) mass is 221 g/mol. The van der Waals surface area contributed by atoms with Crippen LogP contribution in [0.25, 0.3) is 0 Å². The van der Waals surface area contributed by atoms with Gasteiger partial charge >= 0.3 is 0 Å². The maximum Gasteiger partial charge on any atom is 0.129 e. The summed E-state index contributed by atoms with van der Waals surface area (Å²) in [6.07, 6.45) is 3.68. The van der Waals surface area contributed by atoms with Crippen LogP contribution in [0.1, 0.15) is 25.0 Å². The molecule has 0 saturated heterocycles. The Bertz CT molecular complexity index is 363. The average molecular weight is 221 g/mol. The summed E-state index contributed by atoms with van der Waals surface area (Å²) in [5.74, 6) is 0.936. The van der Waals surface area contributed by atoms with Crippen LogP contribution in [-0.2, 0) is 0 Å². The van der Waals surface area contributed by atoms with Gasteiger partial charge in [-0.25, -0.2) is 4.98 Å². The summed E-state index contributed by atoms with van der Waals surface area (Å²) in [5, 5.41) is 9.10. The standard InChI is InChI=1S/C12H19N3O/c1-9-11(13)5-6-12(14-9)15(7-8-16)10-3-2-4-10/h5-6,10,16H,2-4,7-8,13H2,1H3. The second-order valence-electron chi connectivity index (χ2n) is 4.35. The van der Waals surface area contributed by atoms with Crippen molar-refractivity contribution in [2.24, 2.45) is 0 Å². The Hall–Kier alpha value is -1.29. The Kier molecular flexibility index (Phi) is 3.29. The number of hydrogen-bond acceptors (Lipinski definition) is 4. The van der Waals surface area contributed by atoms with Crippen molar-refractivity contribution in [3.8, 4) is 0 Å². The molecule has 1 fully saturated rings. The lowest BCUT2D eigenvalue weighted by Gasteiger charge is -2.38. The molecular weight excluding hydrogens is 202 g/mol. The van der Waals surface area contributed by atoms with Gasteiger partial charge in [-0.05, 0) is 38.3 Å². The summed E-state index contributed by atoms with van der Waals surface area (Å²) >= 11 is 0. The van der Waals surface area contributed by atoms with E-state index in [1.165, 1.54) is 19.3 Å². The summed E-state index contributed by atoms with van der Waals surface area (Å²) in [5.41, 5.74) is 7.34. The molecule has 0 aliphatic heterocycles. The van der Waals surface area contributed by atoms with Gasteiger partial charge in [0.15, 0.2) is 0 Å². The first-order chi connectivity index (χ1) is 7.72. The summed E-state index contributed by atoms with van der Waals surface area (Å²) < 4.78 is 0. The van der Waals surface area contributed by atoms with Crippen LogP contribution >= 0.6 is 0 Å². The van der Waals surface area contributed by atoms with Crippen LogP contribution in [0.15, 0.2) is 12.1 Å². The van der Waals surface area contributed by atoms with Gasteiger partial charge in [-0.2, -0.15) is 0 Å². The highest BCUT2D eigenvalue weighted by Crippen LogP contribution is 2.28. The van der Waals surface area contributed by atoms with E-state index in [9.17, 15) is 0 Å². The maximum absolute atomic E-state index is 9.10. The molecule has 1 aromatic rings. The molecule has 3 N–H and O–H groups in total. The summed E-state index contributed by atoms with van der Waals surface area (Å²) in [7, 11) is 0. The van der Waals surface area contributed by atoms with E-state index in [-0.39, 0.29) is 6.61 Å². The summed E-state index contributed by atoms with van der Waals surface area (Å²) in [6, 6.07) is 4.37. The Morgan fingerprint density at radius 1 is 1.50 bits per heavy atom. The van der Waals surface area contributed by atoms with Crippen molar-refractivity contribution < 1.29 is 5.11 Å². The number of pyridine rings is 1. The first kappa shape index (κ1) is 11.2. The Morgan fingerprint density at radius 3 is 2.75 bits per heavy atom. The Labute approximate surface area is 96.1 Å². The lowest BCUT2D eigenvalue weighted by Crippen LogP contribution is -2.42. The third-order valence-corrected chi connectivity index (χ3v) is 3.26. The predicted molar refractivity (Wildman–Crippen MR) is 65.5 cm³/mol. The number of rotatable bonds is 4. The fourth-order valence-corrected chi connectivity index (χ4v) is 2.01. The van der Waals surface area contributed by atoms with Gasteiger partial charge in [-0.15, -0.1) is 0 Å². The third kappa shape index (κ3) is 2.11. The van der Waals surface area contributed by atoms with Crippen LogP contribution in [0.2, 0.25) is 0 Å². The molecule has 0 unspecified atom stereocenters. The Morgan fingerprint density at radius 2 is 2.25 bits per heavy atom. The first-order valence-electron chi connectivity index (χ1n) is 5.83. The summed E-state index contributed by atoms with van der Waals surface area (Å²) in [4.78, 5) is 6.67. The highest BCUT2D eigenvalue weighted by Gasteiger charge is 2.25. The second-order valence-corrected chi connectivity index (χ2v) is 4.35. The number of nitrogens with two attached hydrogens (primary N) is 1. The van der Waals surface area contributed by atoms with Gasteiger partial charge in [0.05, 0.1) is 18.0 Å². The molecule has 1 heterocycles. The van der Waals surface area contributed by atoms with E-state index in [4.69, 9.17) is 10.8 Å². The summed E-state index contributed by atoms with van der Waals surface area (Å²) in [6.45, 7) is 2.74. The molecule has 0 bridgehead atoms. The van der Waals surface area contributed by atoms with Gasteiger partial charge in [0, 0.05) is 12.6 Å². The number of hydrogen-bond donors (Lipinski definition) is 2. The molecule has 2 rings (SSSR count). The molecule has 88 valence electrons. The highest BCUT2D eigenvalue weighted by molar-refractivity contribution is 5.51. The van der Waals surface area contributed by atoms with E-state index < -0.39 is 0 Å². The van der Waals surface area contributed by atoms with Crippen molar-refractivity contribution in [1.82, 2.24) is 4.98 Å². The largest absolute Gasteiger partial charge is 0.397 e. The van der Waals surface area contributed by atoms with Gasteiger partial charge in [-0.1, -0.05) is 0 Å². The Balaban J connectivity index is 2.20. The minimum absolute atomic E-state index is 0.168. The quantitative estimate of drug-likeness (QED) is 0.805. The zero-order valence-corrected chi connectivity index (χ0v) is 9.69. The van der Waals surface area contributed by atoms with Gasteiger partial charge in [0.1, 0.15) is 5.82 Å². The topological polar surface area (TPSA) is 62.4 Å².